The van der Waals surface area contributed by atoms with Crippen molar-refractivity contribution in [3.63, 3.8) is 0 Å². The van der Waals surface area contributed by atoms with Crippen LogP contribution < -0.4 is 11.1 Å². The van der Waals surface area contributed by atoms with E-state index in [9.17, 15) is 14.9 Å². The predicted octanol–water partition coefficient (Wildman–Crippen LogP) is 2.58. The van der Waals surface area contributed by atoms with Gasteiger partial charge in [-0.15, -0.1) is 0 Å². The largest absolute Gasteiger partial charge is 0.369 e. The SMILES string of the molecule is NC(=O)C1CCCN(Cc2cccc(CNCc3ccc([N+](=O)[O-])cc3)c2)C1. The molecule has 0 aliphatic carbocycles. The quantitative estimate of drug-likeness (QED) is 0.540. The van der Waals surface area contributed by atoms with Crippen LogP contribution in [-0.4, -0.2) is 28.8 Å². The molecule has 0 saturated carbocycles. The second-order valence-corrected chi connectivity index (χ2v) is 7.32. The number of non-ortho nitro benzene ring substituents is 1. The molecule has 1 saturated heterocycles. The fourth-order valence-corrected chi connectivity index (χ4v) is 3.61. The van der Waals surface area contributed by atoms with Crippen LogP contribution in [0.4, 0.5) is 5.69 Å². The highest BCUT2D eigenvalue weighted by Crippen LogP contribution is 2.19. The summed E-state index contributed by atoms with van der Waals surface area (Å²) in [5.74, 6) is -0.241. The monoisotopic (exact) mass is 382 g/mol. The molecule has 1 heterocycles. The van der Waals surface area contributed by atoms with Gasteiger partial charge in [0.1, 0.15) is 0 Å². The van der Waals surface area contributed by atoms with Crippen LogP contribution in [0, 0.1) is 16.0 Å². The lowest BCUT2D eigenvalue weighted by atomic mass is 9.97. The van der Waals surface area contributed by atoms with Crippen molar-refractivity contribution in [2.45, 2.75) is 32.5 Å². The third-order valence-electron chi connectivity index (χ3n) is 5.11. The maximum Gasteiger partial charge on any atom is 0.269 e. The summed E-state index contributed by atoms with van der Waals surface area (Å²) in [5, 5.41) is 14.1. The number of nitrogens with two attached hydrogens (primary N) is 1. The van der Waals surface area contributed by atoms with Gasteiger partial charge in [0.2, 0.25) is 5.91 Å². The van der Waals surface area contributed by atoms with Crippen molar-refractivity contribution >= 4 is 11.6 Å². The number of likely N-dealkylation sites (tertiary alicyclic amines) is 1. The highest BCUT2D eigenvalue weighted by molar-refractivity contribution is 5.76. The predicted molar refractivity (Wildman–Crippen MR) is 107 cm³/mol. The Balaban J connectivity index is 1.50. The van der Waals surface area contributed by atoms with Crippen LogP contribution >= 0.6 is 0 Å². The van der Waals surface area contributed by atoms with E-state index in [1.165, 1.54) is 23.3 Å². The Labute approximate surface area is 164 Å². The first-order chi connectivity index (χ1) is 13.5. The van der Waals surface area contributed by atoms with Crippen molar-refractivity contribution < 1.29 is 9.72 Å². The smallest absolute Gasteiger partial charge is 0.269 e. The molecule has 0 spiro atoms. The summed E-state index contributed by atoms with van der Waals surface area (Å²) in [6.07, 6.45) is 1.89. The molecule has 3 N–H and O–H groups in total. The van der Waals surface area contributed by atoms with Gasteiger partial charge in [0.25, 0.3) is 5.69 Å². The summed E-state index contributed by atoms with van der Waals surface area (Å²) >= 11 is 0. The molecular formula is C21H26N4O3. The Bertz CT molecular complexity index is 823. The molecule has 1 fully saturated rings. The number of piperidine rings is 1. The van der Waals surface area contributed by atoms with Crippen LogP contribution in [0.15, 0.2) is 48.5 Å². The van der Waals surface area contributed by atoms with E-state index in [1.807, 2.05) is 6.07 Å². The van der Waals surface area contributed by atoms with Gasteiger partial charge in [0.15, 0.2) is 0 Å². The zero-order valence-corrected chi connectivity index (χ0v) is 15.8. The molecule has 148 valence electrons. The van der Waals surface area contributed by atoms with Crippen molar-refractivity contribution in [3.05, 3.63) is 75.3 Å². The van der Waals surface area contributed by atoms with E-state index in [0.717, 1.165) is 44.6 Å². The fourth-order valence-electron chi connectivity index (χ4n) is 3.61. The Morgan fingerprint density at radius 1 is 1.14 bits per heavy atom. The van der Waals surface area contributed by atoms with Gasteiger partial charge in [-0.05, 0) is 36.1 Å². The molecule has 0 bridgehead atoms. The minimum atomic E-state index is -0.392. The molecule has 0 radical (unpaired) electrons. The maximum absolute atomic E-state index is 11.4. The van der Waals surface area contributed by atoms with Crippen molar-refractivity contribution in [2.24, 2.45) is 11.7 Å². The summed E-state index contributed by atoms with van der Waals surface area (Å²) in [4.78, 5) is 24.1. The lowest BCUT2D eigenvalue weighted by molar-refractivity contribution is -0.384. The molecule has 1 atom stereocenters. The molecule has 7 heteroatoms. The molecule has 28 heavy (non-hydrogen) atoms. The number of nitro benzene ring substituents is 1. The van der Waals surface area contributed by atoms with E-state index in [0.29, 0.717) is 6.54 Å². The van der Waals surface area contributed by atoms with Crippen LogP contribution in [0.25, 0.3) is 0 Å². The summed E-state index contributed by atoms with van der Waals surface area (Å²) in [7, 11) is 0. The van der Waals surface area contributed by atoms with Crippen molar-refractivity contribution in [2.75, 3.05) is 13.1 Å². The maximum atomic E-state index is 11.4. The zero-order valence-electron chi connectivity index (χ0n) is 15.8. The number of carbonyl (C=O) groups is 1. The zero-order chi connectivity index (χ0) is 19.9. The van der Waals surface area contributed by atoms with Crippen LogP contribution in [0.1, 0.15) is 29.5 Å². The number of carbonyl (C=O) groups excluding carboxylic acids is 1. The average molecular weight is 382 g/mol. The molecule has 1 amide bonds. The van der Waals surface area contributed by atoms with Gasteiger partial charge in [-0.3, -0.25) is 19.8 Å². The molecule has 2 aromatic carbocycles. The number of rotatable bonds is 8. The van der Waals surface area contributed by atoms with Crippen LogP contribution in [0.2, 0.25) is 0 Å². The number of hydrogen-bond acceptors (Lipinski definition) is 5. The van der Waals surface area contributed by atoms with E-state index in [1.54, 1.807) is 12.1 Å². The number of nitrogens with zero attached hydrogens (tertiary/aromatic N) is 2. The highest BCUT2D eigenvalue weighted by atomic mass is 16.6. The van der Waals surface area contributed by atoms with Gasteiger partial charge in [-0.2, -0.15) is 0 Å². The molecule has 1 unspecified atom stereocenters. The number of amides is 1. The number of nitro groups is 1. The van der Waals surface area contributed by atoms with E-state index in [4.69, 9.17) is 5.73 Å². The highest BCUT2D eigenvalue weighted by Gasteiger charge is 2.23. The molecule has 3 rings (SSSR count). The van der Waals surface area contributed by atoms with Crippen LogP contribution in [-0.2, 0) is 24.4 Å². The number of primary amides is 1. The molecule has 2 aromatic rings. The molecule has 0 aromatic heterocycles. The summed E-state index contributed by atoms with van der Waals surface area (Å²) < 4.78 is 0. The second kappa shape index (κ2) is 9.43. The normalized spacial score (nSPS) is 17.4. The first-order valence-electron chi connectivity index (χ1n) is 9.55. The van der Waals surface area contributed by atoms with E-state index < -0.39 is 4.92 Å². The summed E-state index contributed by atoms with van der Waals surface area (Å²) in [6.45, 7) is 3.91. The lowest BCUT2D eigenvalue weighted by Gasteiger charge is -2.31. The fraction of sp³-hybridized carbons (Fsp3) is 0.381. The Morgan fingerprint density at radius 3 is 2.57 bits per heavy atom. The van der Waals surface area contributed by atoms with Crippen molar-refractivity contribution in [1.82, 2.24) is 10.2 Å². The average Bonchev–Trinajstić information content (AvgIpc) is 2.69. The Hall–Kier alpha value is -2.77. The van der Waals surface area contributed by atoms with Gasteiger partial charge < -0.3 is 11.1 Å². The third kappa shape index (κ3) is 5.61. The Kier molecular flexibility index (Phi) is 6.73. The van der Waals surface area contributed by atoms with Gasteiger partial charge in [0.05, 0.1) is 10.8 Å². The number of hydrogen-bond donors (Lipinski definition) is 2. The minimum absolute atomic E-state index is 0.0414. The summed E-state index contributed by atoms with van der Waals surface area (Å²) in [5.41, 5.74) is 8.98. The topological polar surface area (TPSA) is 102 Å². The Morgan fingerprint density at radius 2 is 1.86 bits per heavy atom. The third-order valence-corrected chi connectivity index (χ3v) is 5.11. The molecular weight excluding hydrogens is 356 g/mol. The number of benzene rings is 2. The first-order valence-corrected chi connectivity index (χ1v) is 9.55. The first kappa shape index (κ1) is 20.0. The van der Waals surface area contributed by atoms with E-state index in [2.05, 4.69) is 28.4 Å². The van der Waals surface area contributed by atoms with Gasteiger partial charge >= 0.3 is 0 Å². The standard InChI is InChI=1S/C21H26N4O3/c22-21(26)19-5-2-10-24(15-19)14-18-4-1-3-17(11-18)13-23-12-16-6-8-20(9-7-16)25(27)28/h1,3-4,6-9,11,19,23H,2,5,10,12-15H2,(H2,22,26). The van der Waals surface area contributed by atoms with Crippen molar-refractivity contribution in [3.8, 4) is 0 Å². The van der Waals surface area contributed by atoms with Gasteiger partial charge in [-0.1, -0.05) is 36.4 Å². The molecule has 1 aliphatic rings. The molecule has 1 aliphatic heterocycles. The summed E-state index contributed by atoms with van der Waals surface area (Å²) in [6, 6.07) is 15.0. The lowest BCUT2D eigenvalue weighted by Crippen LogP contribution is -2.40. The van der Waals surface area contributed by atoms with E-state index in [-0.39, 0.29) is 17.5 Å². The van der Waals surface area contributed by atoms with Gasteiger partial charge in [0, 0.05) is 38.3 Å². The number of nitrogens with one attached hydrogen (secondary N) is 1. The molecule has 7 nitrogen and oxygen atoms in total. The second-order valence-electron chi connectivity index (χ2n) is 7.32. The minimum Gasteiger partial charge on any atom is -0.369 e. The van der Waals surface area contributed by atoms with Crippen molar-refractivity contribution in [1.29, 1.82) is 0 Å². The van der Waals surface area contributed by atoms with E-state index >= 15 is 0 Å². The van der Waals surface area contributed by atoms with Crippen LogP contribution in [0.3, 0.4) is 0 Å². The van der Waals surface area contributed by atoms with Gasteiger partial charge in [-0.25, -0.2) is 0 Å². The van der Waals surface area contributed by atoms with Crippen LogP contribution in [0.5, 0.6) is 0 Å².